The fraction of sp³-hybridized carbons (Fsp3) is 0.471. The number of carboxylic acids is 1. The molecule has 1 saturated heterocycles. The second-order valence-corrected chi connectivity index (χ2v) is 6.17. The van der Waals surface area contributed by atoms with Crippen molar-refractivity contribution in [2.24, 2.45) is 0 Å². The minimum Gasteiger partial charge on any atom is -0.477 e. The Labute approximate surface area is 160 Å². The molecule has 28 heavy (non-hydrogen) atoms. The number of rotatable bonds is 7. The zero-order valence-electron chi connectivity index (χ0n) is 15.5. The smallest absolute Gasteiger partial charge is 0.354 e. The predicted molar refractivity (Wildman–Crippen MR) is 97.1 cm³/mol. The first kappa shape index (κ1) is 19.5. The van der Waals surface area contributed by atoms with Gasteiger partial charge in [0, 0.05) is 32.3 Å². The fourth-order valence-electron chi connectivity index (χ4n) is 2.97. The molecule has 11 nitrogen and oxygen atoms in total. The van der Waals surface area contributed by atoms with Gasteiger partial charge in [0.1, 0.15) is 11.4 Å². The Balaban J connectivity index is 1.68. The summed E-state index contributed by atoms with van der Waals surface area (Å²) in [5.74, 6) is -1.68. The maximum Gasteiger partial charge on any atom is 0.354 e. The van der Waals surface area contributed by atoms with Crippen LogP contribution in [0.2, 0.25) is 0 Å². The maximum atomic E-state index is 12.9. The lowest BCUT2D eigenvalue weighted by atomic mass is 10.2. The summed E-state index contributed by atoms with van der Waals surface area (Å²) in [5.41, 5.74) is 0.667. The molecule has 2 aromatic rings. The third-order valence-electron chi connectivity index (χ3n) is 4.40. The van der Waals surface area contributed by atoms with Gasteiger partial charge in [-0.05, 0) is 13.0 Å². The van der Waals surface area contributed by atoms with Crippen LogP contribution in [0.25, 0.3) is 0 Å². The summed E-state index contributed by atoms with van der Waals surface area (Å²) in [6.07, 6.45) is 2.82. The molecule has 0 spiro atoms. The average Bonchev–Trinajstić information content (AvgIpc) is 3.33. The number of carbonyl (C=O) groups excluding carboxylic acids is 2. The highest BCUT2D eigenvalue weighted by Gasteiger charge is 2.26. The van der Waals surface area contributed by atoms with E-state index in [2.05, 4.69) is 15.5 Å². The zero-order chi connectivity index (χ0) is 20.1. The standard InChI is InChI=1S/C17H22N6O5/c1-2-22-15(16(25)21-7-9-28-10-8-21)12(11-19-22)20-14(24)4-6-23-13(17(26)27)3-5-18-23/h3,5,11H,2,4,6-10H2,1H3,(H,20,24)(H,26,27). The SMILES string of the molecule is CCn1ncc(NC(=O)CCn2nccc2C(=O)O)c1C(=O)N1CCOCC1. The van der Waals surface area contributed by atoms with E-state index < -0.39 is 5.97 Å². The van der Waals surface area contributed by atoms with E-state index in [0.29, 0.717) is 44.2 Å². The molecule has 2 amide bonds. The number of carbonyl (C=O) groups is 3. The van der Waals surface area contributed by atoms with E-state index in [4.69, 9.17) is 9.84 Å². The molecule has 150 valence electrons. The van der Waals surface area contributed by atoms with Crippen molar-refractivity contribution < 1.29 is 24.2 Å². The van der Waals surface area contributed by atoms with Gasteiger partial charge in [-0.1, -0.05) is 0 Å². The molecule has 0 aliphatic carbocycles. The van der Waals surface area contributed by atoms with Gasteiger partial charge >= 0.3 is 5.97 Å². The van der Waals surface area contributed by atoms with Crippen molar-refractivity contribution >= 4 is 23.5 Å². The minimum atomic E-state index is -1.11. The number of aromatic nitrogens is 4. The number of morpholine rings is 1. The first-order valence-corrected chi connectivity index (χ1v) is 8.99. The van der Waals surface area contributed by atoms with Crippen LogP contribution in [0.4, 0.5) is 5.69 Å². The second kappa shape index (κ2) is 8.65. The van der Waals surface area contributed by atoms with Crippen LogP contribution in [0, 0.1) is 0 Å². The number of hydrogen-bond donors (Lipinski definition) is 2. The van der Waals surface area contributed by atoms with Gasteiger partial charge in [-0.2, -0.15) is 10.2 Å². The molecular formula is C17H22N6O5. The summed E-state index contributed by atoms with van der Waals surface area (Å²) < 4.78 is 8.07. The van der Waals surface area contributed by atoms with Crippen molar-refractivity contribution in [2.45, 2.75) is 26.4 Å². The molecule has 1 fully saturated rings. The lowest BCUT2D eigenvalue weighted by molar-refractivity contribution is -0.116. The van der Waals surface area contributed by atoms with Crippen LogP contribution in [0.3, 0.4) is 0 Å². The number of nitrogens with zero attached hydrogens (tertiary/aromatic N) is 5. The Morgan fingerprint density at radius 3 is 2.64 bits per heavy atom. The minimum absolute atomic E-state index is 0.00441. The van der Waals surface area contributed by atoms with Gasteiger partial charge in [0.05, 0.1) is 31.6 Å². The van der Waals surface area contributed by atoms with Gasteiger partial charge in [0.25, 0.3) is 5.91 Å². The van der Waals surface area contributed by atoms with E-state index in [0.717, 1.165) is 0 Å². The number of aromatic carboxylic acids is 1. The number of ether oxygens (including phenoxy) is 1. The summed E-state index contributed by atoms with van der Waals surface area (Å²) >= 11 is 0. The molecule has 0 aromatic carbocycles. The van der Waals surface area contributed by atoms with Crippen LogP contribution in [0.5, 0.6) is 0 Å². The Kier molecular flexibility index (Phi) is 6.04. The van der Waals surface area contributed by atoms with Crippen molar-refractivity contribution in [1.29, 1.82) is 0 Å². The summed E-state index contributed by atoms with van der Waals surface area (Å²) in [5, 5.41) is 19.9. The zero-order valence-corrected chi connectivity index (χ0v) is 15.5. The summed E-state index contributed by atoms with van der Waals surface area (Å²) in [6, 6.07) is 1.37. The predicted octanol–water partition coefficient (Wildman–Crippen LogP) is 0.299. The third-order valence-corrected chi connectivity index (χ3v) is 4.40. The Bertz CT molecular complexity index is 867. The number of hydrogen-bond acceptors (Lipinski definition) is 6. The molecular weight excluding hydrogens is 368 g/mol. The van der Waals surface area contributed by atoms with E-state index in [1.54, 1.807) is 9.58 Å². The van der Waals surface area contributed by atoms with Crippen LogP contribution in [0.1, 0.15) is 34.3 Å². The van der Waals surface area contributed by atoms with E-state index in [1.807, 2.05) is 6.92 Å². The highest BCUT2D eigenvalue weighted by atomic mass is 16.5. The van der Waals surface area contributed by atoms with Crippen molar-refractivity contribution in [2.75, 3.05) is 31.6 Å². The molecule has 0 saturated carbocycles. The van der Waals surface area contributed by atoms with Gasteiger partial charge in [-0.25, -0.2) is 4.79 Å². The van der Waals surface area contributed by atoms with Crippen molar-refractivity contribution in [3.8, 4) is 0 Å². The molecule has 3 rings (SSSR count). The lowest BCUT2D eigenvalue weighted by Crippen LogP contribution is -2.41. The topological polar surface area (TPSA) is 132 Å². The molecule has 0 atom stereocenters. The largest absolute Gasteiger partial charge is 0.477 e. The monoisotopic (exact) mass is 390 g/mol. The fourth-order valence-corrected chi connectivity index (χ4v) is 2.97. The van der Waals surface area contributed by atoms with Crippen LogP contribution < -0.4 is 5.32 Å². The van der Waals surface area contributed by atoms with Gasteiger partial charge in [-0.3, -0.25) is 19.0 Å². The van der Waals surface area contributed by atoms with E-state index in [-0.39, 0.29) is 30.5 Å². The second-order valence-electron chi connectivity index (χ2n) is 6.17. The molecule has 1 aliphatic rings. The summed E-state index contributed by atoms with van der Waals surface area (Å²) in [4.78, 5) is 38.0. The highest BCUT2D eigenvalue weighted by molar-refractivity contribution is 6.02. The van der Waals surface area contributed by atoms with Crippen LogP contribution in [-0.2, 0) is 22.6 Å². The highest BCUT2D eigenvalue weighted by Crippen LogP contribution is 2.19. The summed E-state index contributed by atoms with van der Waals surface area (Å²) in [6.45, 7) is 4.37. The molecule has 0 unspecified atom stereocenters. The van der Waals surface area contributed by atoms with Crippen LogP contribution in [0.15, 0.2) is 18.5 Å². The Morgan fingerprint density at radius 1 is 1.21 bits per heavy atom. The number of nitrogens with one attached hydrogen (secondary N) is 1. The maximum absolute atomic E-state index is 12.9. The quantitative estimate of drug-likeness (QED) is 0.695. The van der Waals surface area contributed by atoms with E-state index in [9.17, 15) is 14.4 Å². The molecule has 11 heteroatoms. The molecule has 1 aliphatic heterocycles. The molecule has 2 N–H and O–H groups in total. The van der Waals surface area contributed by atoms with Crippen LogP contribution in [-0.4, -0.2) is 73.7 Å². The molecule has 0 radical (unpaired) electrons. The molecule has 0 bridgehead atoms. The number of aryl methyl sites for hydroxylation is 2. The Hall–Kier alpha value is -3.21. The number of anilines is 1. The van der Waals surface area contributed by atoms with Gasteiger partial charge < -0.3 is 20.1 Å². The number of carboxylic acid groups (broad SMARTS) is 1. The third kappa shape index (κ3) is 4.19. The van der Waals surface area contributed by atoms with E-state index >= 15 is 0 Å². The normalized spacial score (nSPS) is 14.1. The van der Waals surface area contributed by atoms with Gasteiger partial charge in [0.15, 0.2) is 0 Å². The van der Waals surface area contributed by atoms with Gasteiger partial charge in [-0.15, -0.1) is 0 Å². The van der Waals surface area contributed by atoms with E-state index in [1.165, 1.54) is 23.1 Å². The summed E-state index contributed by atoms with van der Waals surface area (Å²) in [7, 11) is 0. The Morgan fingerprint density at radius 2 is 1.96 bits per heavy atom. The van der Waals surface area contributed by atoms with Crippen molar-refractivity contribution in [3.63, 3.8) is 0 Å². The van der Waals surface area contributed by atoms with Crippen LogP contribution >= 0.6 is 0 Å². The first-order chi connectivity index (χ1) is 13.5. The lowest BCUT2D eigenvalue weighted by Gasteiger charge is -2.27. The first-order valence-electron chi connectivity index (χ1n) is 8.99. The van der Waals surface area contributed by atoms with Gasteiger partial charge in [0.2, 0.25) is 5.91 Å². The average molecular weight is 390 g/mol. The number of amides is 2. The molecule has 2 aromatic heterocycles. The van der Waals surface area contributed by atoms with Crippen molar-refractivity contribution in [1.82, 2.24) is 24.5 Å². The van der Waals surface area contributed by atoms with Crippen molar-refractivity contribution in [3.05, 3.63) is 29.8 Å². The molecule has 3 heterocycles.